The summed E-state index contributed by atoms with van der Waals surface area (Å²) in [5.41, 5.74) is 0.869. The fraction of sp³-hybridized carbons (Fsp3) is 0.211. The highest BCUT2D eigenvalue weighted by atomic mass is 32.2. The molecule has 5 heteroatoms. The summed E-state index contributed by atoms with van der Waals surface area (Å²) in [7, 11) is 1.66. The van der Waals surface area contributed by atoms with E-state index in [1.807, 2.05) is 36.4 Å². The predicted octanol–water partition coefficient (Wildman–Crippen LogP) is 5.42. The standard InChI is InChI=1S/C19H19NO2S2/c1-22-16-5-7-17(8-6-16)23-11-2-3-19(21)20-15-4-9-18-14(13-15)10-12-24-18/h4-10,12-13H,2-3,11H2,1H3,(H,20,21). The summed E-state index contributed by atoms with van der Waals surface area (Å²) in [5.74, 6) is 1.85. The van der Waals surface area contributed by atoms with Gasteiger partial charge >= 0.3 is 0 Å². The number of anilines is 1. The summed E-state index contributed by atoms with van der Waals surface area (Å²) in [6.07, 6.45) is 1.38. The zero-order valence-electron chi connectivity index (χ0n) is 13.5. The molecule has 0 aliphatic heterocycles. The van der Waals surface area contributed by atoms with E-state index in [9.17, 15) is 4.79 Å². The summed E-state index contributed by atoms with van der Waals surface area (Å²) in [6.45, 7) is 0. The molecule has 24 heavy (non-hydrogen) atoms. The van der Waals surface area contributed by atoms with Gasteiger partial charge in [0, 0.05) is 21.7 Å². The first-order valence-corrected chi connectivity index (χ1v) is 9.65. The van der Waals surface area contributed by atoms with E-state index in [0.29, 0.717) is 6.42 Å². The largest absolute Gasteiger partial charge is 0.497 e. The van der Waals surface area contributed by atoms with Crippen LogP contribution in [-0.2, 0) is 4.79 Å². The number of fused-ring (bicyclic) bond motifs is 1. The number of methoxy groups -OCH3 is 1. The van der Waals surface area contributed by atoms with Gasteiger partial charge in [0.05, 0.1) is 7.11 Å². The smallest absolute Gasteiger partial charge is 0.224 e. The van der Waals surface area contributed by atoms with Crippen LogP contribution < -0.4 is 10.1 Å². The summed E-state index contributed by atoms with van der Waals surface area (Å²) in [4.78, 5) is 13.2. The normalized spacial score (nSPS) is 10.7. The predicted molar refractivity (Wildman–Crippen MR) is 103 cm³/mol. The average Bonchev–Trinajstić information content (AvgIpc) is 3.07. The minimum Gasteiger partial charge on any atom is -0.497 e. The van der Waals surface area contributed by atoms with Crippen molar-refractivity contribution in [2.75, 3.05) is 18.2 Å². The topological polar surface area (TPSA) is 38.3 Å². The first kappa shape index (κ1) is 16.9. The molecule has 0 fully saturated rings. The van der Waals surface area contributed by atoms with E-state index < -0.39 is 0 Å². The molecule has 124 valence electrons. The highest BCUT2D eigenvalue weighted by Gasteiger charge is 2.04. The minimum absolute atomic E-state index is 0.0694. The first-order valence-electron chi connectivity index (χ1n) is 7.78. The number of hydrogen-bond donors (Lipinski definition) is 1. The van der Waals surface area contributed by atoms with Crippen molar-refractivity contribution in [3.05, 3.63) is 53.9 Å². The number of thioether (sulfide) groups is 1. The highest BCUT2D eigenvalue weighted by Crippen LogP contribution is 2.25. The summed E-state index contributed by atoms with van der Waals surface area (Å²) in [6, 6.07) is 16.1. The Morgan fingerprint density at radius 2 is 2.00 bits per heavy atom. The highest BCUT2D eigenvalue weighted by molar-refractivity contribution is 7.99. The van der Waals surface area contributed by atoms with Crippen molar-refractivity contribution in [3.8, 4) is 5.75 Å². The van der Waals surface area contributed by atoms with Gasteiger partial charge in [0.25, 0.3) is 0 Å². The Morgan fingerprint density at radius 3 is 2.79 bits per heavy atom. The Morgan fingerprint density at radius 1 is 1.17 bits per heavy atom. The van der Waals surface area contributed by atoms with Gasteiger partial charge in [-0.2, -0.15) is 0 Å². The van der Waals surface area contributed by atoms with E-state index in [1.165, 1.54) is 15.0 Å². The SMILES string of the molecule is COc1ccc(SCCCC(=O)Nc2ccc3sccc3c2)cc1. The molecule has 0 spiro atoms. The summed E-state index contributed by atoms with van der Waals surface area (Å²) < 4.78 is 6.38. The van der Waals surface area contributed by atoms with Crippen molar-refractivity contribution < 1.29 is 9.53 Å². The van der Waals surface area contributed by atoms with Gasteiger partial charge in [0.15, 0.2) is 0 Å². The van der Waals surface area contributed by atoms with Crippen molar-refractivity contribution in [2.24, 2.45) is 0 Å². The van der Waals surface area contributed by atoms with Crippen LogP contribution in [0.3, 0.4) is 0 Å². The zero-order valence-corrected chi connectivity index (χ0v) is 15.1. The van der Waals surface area contributed by atoms with Crippen LogP contribution in [0.1, 0.15) is 12.8 Å². The second kappa shape index (κ2) is 8.22. The van der Waals surface area contributed by atoms with Crippen molar-refractivity contribution >= 4 is 44.8 Å². The molecular weight excluding hydrogens is 338 g/mol. The van der Waals surface area contributed by atoms with Gasteiger partial charge in [-0.15, -0.1) is 23.1 Å². The van der Waals surface area contributed by atoms with Crippen molar-refractivity contribution in [1.29, 1.82) is 0 Å². The van der Waals surface area contributed by atoms with Crippen LogP contribution in [0.5, 0.6) is 5.75 Å². The number of carbonyl (C=O) groups is 1. The fourth-order valence-corrected chi connectivity index (χ4v) is 3.99. The third-order valence-corrected chi connectivity index (χ3v) is 5.61. The van der Waals surface area contributed by atoms with E-state index in [4.69, 9.17) is 4.74 Å². The van der Waals surface area contributed by atoms with Crippen LogP contribution in [0, 0.1) is 0 Å². The third kappa shape index (κ3) is 4.52. The van der Waals surface area contributed by atoms with Gasteiger partial charge in [0.1, 0.15) is 5.75 Å². The molecule has 0 radical (unpaired) electrons. The van der Waals surface area contributed by atoms with Crippen LogP contribution >= 0.6 is 23.1 Å². The molecule has 3 nitrogen and oxygen atoms in total. The number of carbonyl (C=O) groups excluding carboxylic acids is 1. The molecule has 0 atom stereocenters. The monoisotopic (exact) mass is 357 g/mol. The Kier molecular flexibility index (Phi) is 5.77. The lowest BCUT2D eigenvalue weighted by Gasteiger charge is -2.06. The number of ether oxygens (including phenoxy) is 1. The van der Waals surface area contributed by atoms with Crippen LogP contribution in [0.2, 0.25) is 0 Å². The molecule has 0 bridgehead atoms. The van der Waals surface area contributed by atoms with Crippen LogP contribution in [-0.4, -0.2) is 18.8 Å². The maximum atomic E-state index is 12.0. The number of nitrogens with one attached hydrogen (secondary N) is 1. The molecule has 1 amide bonds. The van der Waals surface area contributed by atoms with E-state index in [0.717, 1.165) is 23.6 Å². The van der Waals surface area contributed by atoms with Gasteiger partial charge in [-0.05, 0) is 71.5 Å². The minimum atomic E-state index is 0.0694. The first-order chi connectivity index (χ1) is 11.7. The Labute approximate surface area is 150 Å². The van der Waals surface area contributed by atoms with E-state index in [2.05, 4.69) is 22.8 Å². The van der Waals surface area contributed by atoms with Crippen molar-refractivity contribution in [3.63, 3.8) is 0 Å². The molecule has 0 aliphatic carbocycles. The second-order valence-corrected chi connectivity index (χ2v) is 7.46. The lowest BCUT2D eigenvalue weighted by Crippen LogP contribution is -2.11. The van der Waals surface area contributed by atoms with Crippen molar-refractivity contribution in [1.82, 2.24) is 0 Å². The summed E-state index contributed by atoms with van der Waals surface area (Å²) >= 11 is 3.47. The van der Waals surface area contributed by atoms with E-state index in [1.54, 1.807) is 30.2 Å². The van der Waals surface area contributed by atoms with Crippen LogP contribution in [0.4, 0.5) is 5.69 Å². The van der Waals surface area contributed by atoms with Crippen LogP contribution in [0.15, 0.2) is 58.8 Å². The molecule has 0 unspecified atom stereocenters. The van der Waals surface area contributed by atoms with Gasteiger partial charge < -0.3 is 10.1 Å². The maximum absolute atomic E-state index is 12.0. The molecule has 0 saturated heterocycles. The molecule has 0 saturated carbocycles. The zero-order chi connectivity index (χ0) is 16.8. The van der Waals surface area contributed by atoms with Crippen LogP contribution in [0.25, 0.3) is 10.1 Å². The van der Waals surface area contributed by atoms with Crippen molar-refractivity contribution in [2.45, 2.75) is 17.7 Å². The molecule has 0 aliphatic rings. The lowest BCUT2D eigenvalue weighted by molar-refractivity contribution is -0.116. The molecule has 3 aromatic rings. The maximum Gasteiger partial charge on any atom is 0.224 e. The third-order valence-electron chi connectivity index (χ3n) is 3.61. The quantitative estimate of drug-likeness (QED) is 0.453. The molecule has 1 heterocycles. The number of benzene rings is 2. The number of rotatable bonds is 7. The van der Waals surface area contributed by atoms with Gasteiger partial charge in [-0.1, -0.05) is 0 Å². The average molecular weight is 358 g/mol. The Balaban J connectivity index is 1.41. The Hall–Kier alpha value is -1.98. The fourth-order valence-electron chi connectivity index (χ4n) is 2.36. The molecule has 1 aromatic heterocycles. The summed E-state index contributed by atoms with van der Waals surface area (Å²) in [5, 5.41) is 6.21. The molecule has 2 aromatic carbocycles. The lowest BCUT2D eigenvalue weighted by atomic mass is 10.2. The molecule has 1 N–H and O–H groups in total. The second-order valence-electron chi connectivity index (χ2n) is 5.35. The number of amides is 1. The number of thiophene rings is 1. The number of hydrogen-bond acceptors (Lipinski definition) is 4. The molecular formula is C19H19NO2S2. The van der Waals surface area contributed by atoms with Gasteiger partial charge in [-0.25, -0.2) is 0 Å². The van der Waals surface area contributed by atoms with Gasteiger partial charge in [-0.3, -0.25) is 4.79 Å². The van der Waals surface area contributed by atoms with E-state index in [-0.39, 0.29) is 5.91 Å². The van der Waals surface area contributed by atoms with E-state index >= 15 is 0 Å². The molecule has 3 rings (SSSR count). The van der Waals surface area contributed by atoms with Gasteiger partial charge in [0.2, 0.25) is 5.91 Å². The Bertz CT molecular complexity index is 812.